The van der Waals surface area contributed by atoms with Gasteiger partial charge in [-0.1, -0.05) is 30.3 Å². The van der Waals surface area contributed by atoms with Crippen LogP contribution < -0.4 is 5.32 Å². The highest BCUT2D eigenvalue weighted by Gasteiger charge is 2.43. The van der Waals surface area contributed by atoms with E-state index in [4.69, 9.17) is 9.15 Å². The predicted octanol–water partition coefficient (Wildman–Crippen LogP) is 1.41. The Morgan fingerprint density at radius 1 is 1.17 bits per heavy atom. The second-order valence-electron chi connectivity index (χ2n) is 7.15. The summed E-state index contributed by atoms with van der Waals surface area (Å²) in [4.78, 5) is 33.9. The molecule has 8 nitrogen and oxygen atoms in total. The van der Waals surface area contributed by atoms with Gasteiger partial charge in [0.2, 0.25) is 11.9 Å². The summed E-state index contributed by atoms with van der Waals surface area (Å²) in [5, 5.41) is 2.78. The number of benzene rings is 1. The number of hydrogen-bond acceptors (Lipinski definition) is 7. The van der Waals surface area contributed by atoms with E-state index in [1.165, 1.54) is 18.9 Å². The van der Waals surface area contributed by atoms with Crippen LogP contribution in [0.1, 0.15) is 17.4 Å². The van der Waals surface area contributed by atoms with Crippen LogP contribution in [0.4, 0.5) is 0 Å². The van der Waals surface area contributed by atoms with Gasteiger partial charge in [-0.05, 0) is 17.7 Å². The van der Waals surface area contributed by atoms with E-state index in [2.05, 4.69) is 27.3 Å². The topological polar surface area (TPSA) is 87.4 Å². The van der Waals surface area contributed by atoms with Crippen molar-refractivity contribution in [3.63, 3.8) is 0 Å². The Bertz CT molecular complexity index is 873. The molecule has 1 saturated heterocycles. The first-order chi connectivity index (χ1) is 14.2. The zero-order valence-corrected chi connectivity index (χ0v) is 16.3. The number of rotatable bonds is 4. The molecule has 4 rings (SSSR count). The summed E-state index contributed by atoms with van der Waals surface area (Å²) in [6, 6.07) is 13.1. The molecule has 152 valence electrons. The molecule has 0 radical (unpaired) electrons. The van der Waals surface area contributed by atoms with Gasteiger partial charge in [0.05, 0.1) is 13.4 Å². The maximum absolute atomic E-state index is 12.7. The van der Waals surface area contributed by atoms with E-state index in [0.717, 1.165) is 32.7 Å². The van der Waals surface area contributed by atoms with Crippen LogP contribution in [0.15, 0.2) is 58.1 Å². The predicted molar refractivity (Wildman–Crippen MR) is 106 cm³/mol. The zero-order chi connectivity index (χ0) is 20.2. The molecular formula is C21H24N4O4. The highest BCUT2D eigenvalue weighted by Crippen LogP contribution is 2.31. The molecule has 3 heterocycles. The molecule has 2 aliphatic rings. The molecule has 1 aromatic heterocycles. The van der Waals surface area contributed by atoms with Gasteiger partial charge in [-0.15, -0.1) is 0 Å². The highest BCUT2D eigenvalue weighted by molar-refractivity contribution is 6.08. The number of carbonyl (C=O) groups is 2. The standard InChI is InChI=1S/C21H24N4O4/c1-28-20(27)17-18(16-8-5-13-29-16)22-21(23-19(17)26)25-11-9-24(10-12-25)14-15-6-3-2-4-7-15/h2-8,13,17-18H,9-12,14H2,1H3,(H,22,23,26)/t17-,18+/m0/s1. The molecule has 8 heteroatoms. The fraction of sp³-hybridized carbons (Fsp3) is 0.381. The van der Waals surface area contributed by atoms with E-state index < -0.39 is 23.8 Å². The number of nitrogens with zero attached hydrogens (tertiary/aromatic N) is 3. The summed E-state index contributed by atoms with van der Waals surface area (Å²) in [5.74, 6) is -1.16. The first kappa shape index (κ1) is 19.2. The molecule has 0 aliphatic carbocycles. The van der Waals surface area contributed by atoms with Crippen molar-refractivity contribution in [2.75, 3.05) is 33.3 Å². The number of aliphatic imine (C=N–C) groups is 1. The van der Waals surface area contributed by atoms with Crippen LogP contribution in [0.5, 0.6) is 0 Å². The normalized spacial score (nSPS) is 22.7. The summed E-state index contributed by atoms with van der Waals surface area (Å²) >= 11 is 0. The van der Waals surface area contributed by atoms with Gasteiger partial charge in [-0.25, -0.2) is 4.99 Å². The van der Waals surface area contributed by atoms with Gasteiger partial charge in [-0.2, -0.15) is 0 Å². The van der Waals surface area contributed by atoms with E-state index in [0.29, 0.717) is 11.7 Å². The molecule has 0 saturated carbocycles. The minimum Gasteiger partial charge on any atom is -0.468 e. The molecule has 29 heavy (non-hydrogen) atoms. The maximum atomic E-state index is 12.7. The monoisotopic (exact) mass is 396 g/mol. The Hall–Kier alpha value is -3.13. The molecule has 2 aliphatic heterocycles. The molecule has 1 fully saturated rings. The van der Waals surface area contributed by atoms with Crippen LogP contribution in [-0.2, 0) is 20.9 Å². The third-order valence-corrected chi connectivity index (χ3v) is 5.31. The second kappa shape index (κ2) is 8.48. The van der Waals surface area contributed by atoms with Gasteiger partial charge in [-0.3, -0.25) is 19.8 Å². The lowest BCUT2D eigenvalue weighted by Crippen LogP contribution is -2.57. The van der Waals surface area contributed by atoms with E-state index in [1.54, 1.807) is 12.1 Å². The summed E-state index contributed by atoms with van der Waals surface area (Å²) < 4.78 is 10.3. The number of amides is 1. The minimum atomic E-state index is -1.06. The van der Waals surface area contributed by atoms with Gasteiger partial charge in [0, 0.05) is 32.7 Å². The summed E-state index contributed by atoms with van der Waals surface area (Å²) in [7, 11) is 1.26. The summed E-state index contributed by atoms with van der Waals surface area (Å²) in [6.45, 7) is 4.08. The third kappa shape index (κ3) is 4.17. The minimum absolute atomic E-state index is 0.421. The molecule has 1 N–H and O–H groups in total. The molecule has 2 aromatic rings. The Labute approximate surface area is 169 Å². The number of ether oxygens (including phenoxy) is 1. The fourth-order valence-corrected chi connectivity index (χ4v) is 3.74. The van der Waals surface area contributed by atoms with Gasteiger partial charge in [0.1, 0.15) is 11.8 Å². The highest BCUT2D eigenvalue weighted by atomic mass is 16.5. The lowest BCUT2D eigenvalue weighted by molar-refractivity contribution is -0.151. The van der Waals surface area contributed by atoms with Crippen LogP contribution in [0.2, 0.25) is 0 Å². The first-order valence-corrected chi connectivity index (χ1v) is 9.67. The molecule has 0 unspecified atom stereocenters. The fourth-order valence-electron chi connectivity index (χ4n) is 3.74. The zero-order valence-electron chi connectivity index (χ0n) is 16.3. The van der Waals surface area contributed by atoms with Crippen molar-refractivity contribution < 1.29 is 18.7 Å². The van der Waals surface area contributed by atoms with E-state index in [9.17, 15) is 9.59 Å². The van der Waals surface area contributed by atoms with Crippen molar-refractivity contribution >= 4 is 17.8 Å². The van der Waals surface area contributed by atoms with E-state index in [-0.39, 0.29) is 0 Å². The van der Waals surface area contributed by atoms with Crippen molar-refractivity contribution in [2.24, 2.45) is 10.9 Å². The molecule has 2 atom stereocenters. The Kier molecular flexibility index (Phi) is 5.62. The Morgan fingerprint density at radius 2 is 1.93 bits per heavy atom. The molecule has 0 spiro atoms. The smallest absolute Gasteiger partial charge is 0.320 e. The van der Waals surface area contributed by atoms with Gasteiger partial charge in [0.25, 0.3) is 0 Å². The molecule has 1 amide bonds. The molecule has 1 aromatic carbocycles. The van der Waals surface area contributed by atoms with Crippen LogP contribution in [-0.4, -0.2) is 60.9 Å². The maximum Gasteiger partial charge on any atom is 0.320 e. The van der Waals surface area contributed by atoms with Crippen molar-refractivity contribution in [1.82, 2.24) is 15.1 Å². The number of methoxy groups -OCH3 is 1. The molecular weight excluding hydrogens is 372 g/mol. The number of piperazine rings is 1. The number of esters is 1. The number of guanidine groups is 1. The van der Waals surface area contributed by atoms with Crippen molar-refractivity contribution in [3.8, 4) is 0 Å². The van der Waals surface area contributed by atoms with Crippen LogP contribution in [0, 0.1) is 5.92 Å². The Balaban J connectivity index is 1.47. The van der Waals surface area contributed by atoms with Gasteiger partial charge in [0.15, 0.2) is 5.92 Å². The van der Waals surface area contributed by atoms with Gasteiger partial charge < -0.3 is 14.1 Å². The van der Waals surface area contributed by atoms with E-state index in [1.807, 2.05) is 23.1 Å². The average Bonchev–Trinajstić information content (AvgIpc) is 3.29. The van der Waals surface area contributed by atoms with Crippen LogP contribution in [0.3, 0.4) is 0 Å². The lowest BCUT2D eigenvalue weighted by Gasteiger charge is -2.38. The average molecular weight is 396 g/mol. The first-order valence-electron chi connectivity index (χ1n) is 9.67. The van der Waals surface area contributed by atoms with Crippen molar-refractivity contribution in [2.45, 2.75) is 12.6 Å². The quantitative estimate of drug-likeness (QED) is 0.621. The largest absolute Gasteiger partial charge is 0.468 e. The number of carbonyl (C=O) groups excluding carboxylic acids is 2. The lowest BCUT2D eigenvalue weighted by atomic mass is 9.95. The summed E-state index contributed by atoms with van der Waals surface area (Å²) in [5.41, 5.74) is 1.28. The molecule has 0 bridgehead atoms. The SMILES string of the molecule is COC(=O)[C@@H]1C(=O)NC(N2CCN(Cc3ccccc3)CC2)=N[C@@H]1c1ccco1. The van der Waals surface area contributed by atoms with E-state index >= 15 is 0 Å². The van der Waals surface area contributed by atoms with Crippen molar-refractivity contribution in [1.29, 1.82) is 0 Å². The Morgan fingerprint density at radius 3 is 2.59 bits per heavy atom. The van der Waals surface area contributed by atoms with Crippen LogP contribution in [0.25, 0.3) is 0 Å². The van der Waals surface area contributed by atoms with Crippen LogP contribution >= 0.6 is 0 Å². The number of furan rings is 1. The summed E-state index contributed by atoms with van der Waals surface area (Å²) in [6.07, 6.45) is 1.51. The number of nitrogens with one attached hydrogen (secondary N) is 1. The second-order valence-corrected chi connectivity index (χ2v) is 7.15. The third-order valence-electron chi connectivity index (χ3n) is 5.31. The number of hydrogen-bond donors (Lipinski definition) is 1. The van der Waals surface area contributed by atoms with Crippen molar-refractivity contribution in [3.05, 3.63) is 60.1 Å². The van der Waals surface area contributed by atoms with Gasteiger partial charge >= 0.3 is 5.97 Å².